The molecule has 0 saturated carbocycles. The van der Waals surface area contributed by atoms with Crippen molar-refractivity contribution in [2.24, 2.45) is 0 Å². The first kappa shape index (κ1) is 18.8. The smallest absolute Gasteiger partial charge is 0.250 e. The Morgan fingerprint density at radius 1 is 0.826 bits per heavy atom. The van der Waals surface area contributed by atoms with Crippen molar-refractivity contribution in [3.63, 3.8) is 0 Å². The van der Waals surface area contributed by atoms with Crippen LogP contribution in [0, 0.1) is 0 Å². The maximum Gasteiger partial charge on any atom is 0.250 e. The van der Waals surface area contributed by atoms with Crippen LogP contribution in [0.2, 0.25) is 0 Å². The molecule has 0 amide bonds. The first-order valence-corrected chi connectivity index (χ1v) is 8.22. The van der Waals surface area contributed by atoms with Crippen molar-refractivity contribution in [3.8, 4) is 0 Å². The first-order valence-electron chi connectivity index (χ1n) is 5.95. The van der Waals surface area contributed by atoms with E-state index in [0.717, 1.165) is 0 Å². The Balaban J connectivity index is 2.30. The van der Waals surface area contributed by atoms with Gasteiger partial charge in [-0.2, -0.15) is 0 Å². The predicted molar refractivity (Wildman–Crippen MR) is 95.1 cm³/mol. The molecule has 0 aromatic carbocycles. The molecule has 2 rings (SSSR count). The number of aromatic nitrogens is 3. The van der Waals surface area contributed by atoms with Gasteiger partial charge in [0.15, 0.2) is 17.5 Å². The zero-order chi connectivity index (χ0) is 17.1. The molecule has 122 valence electrons. The molecule has 2 aromatic heterocycles. The van der Waals surface area contributed by atoms with E-state index < -0.39 is 7.59 Å². The fourth-order valence-corrected chi connectivity index (χ4v) is 1.91. The van der Waals surface area contributed by atoms with Crippen molar-refractivity contribution >= 4 is 81.8 Å². The van der Waals surface area contributed by atoms with Gasteiger partial charge in [-0.05, 0) is 24.3 Å². The number of alkyl halides is 6. The van der Waals surface area contributed by atoms with Crippen molar-refractivity contribution in [1.82, 2.24) is 15.0 Å². The van der Waals surface area contributed by atoms with Crippen LogP contribution in [-0.4, -0.2) is 15.0 Å². The van der Waals surface area contributed by atoms with Gasteiger partial charge in [0.2, 0.25) is 7.59 Å². The van der Waals surface area contributed by atoms with Gasteiger partial charge < -0.3 is 4.42 Å². The molecule has 10 heteroatoms. The molecule has 0 atom stereocenters. The van der Waals surface area contributed by atoms with Gasteiger partial charge in [0, 0.05) is 0 Å². The third-order valence-electron chi connectivity index (χ3n) is 2.32. The van der Waals surface area contributed by atoms with E-state index in [0.29, 0.717) is 5.76 Å². The van der Waals surface area contributed by atoms with E-state index in [4.69, 9.17) is 74.0 Å². The summed E-state index contributed by atoms with van der Waals surface area (Å²) in [7, 11) is 0. The molecule has 0 radical (unpaired) electrons. The van der Waals surface area contributed by atoms with Crippen LogP contribution in [0.15, 0.2) is 35.0 Å². The highest BCUT2D eigenvalue weighted by Gasteiger charge is 2.33. The van der Waals surface area contributed by atoms with E-state index in [1.165, 1.54) is 0 Å². The van der Waals surface area contributed by atoms with E-state index in [1.807, 2.05) is 0 Å². The Labute approximate surface area is 162 Å². The molecule has 0 N–H and O–H groups in total. The maximum absolute atomic E-state index is 5.78. The van der Waals surface area contributed by atoms with Crippen LogP contribution in [-0.2, 0) is 7.59 Å². The van der Waals surface area contributed by atoms with Gasteiger partial charge in [0.05, 0.1) is 6.26 Å². The minimum absolute atomic E-state index is 0.145. The molecule has 23 heavy (non-hydrogen) atoms. The molecule has 4 nitrogen and oxygen atoms in total. The van der Waals surface area contributed by atoms with Crippen molar-refractivity contribution in [2.75, 3.05) is 0 Å². The number of rotatable bonds is 3. The van der Waals surface area contributed by atoms with Crippen molar-refractivity contribution < 1.29 is 4.42 Å². The number of allylic oxidation sites excluding steroid dienone is 2. The van der Waals surface area contributed by atoms with Crippen LogP contribution < -0.4 is 0 Å². The normalized spacial score (nSPS) is 13.3. The number of nitrogens with zero attached hydrogens (tertiary/aromatic N) is 3. The summed E-state index contributed by atoms with van der Waals surface area (Å²) in [6.07, 6.45) is 8.22. The number of hydrogen-bond acceptors (Lipinski definition) is 4. The summed E-state index contributed by atoms with van der Waals surface area (Å²) in [5, 5.41) is 0. The van der Waals surface area contributed by atoms with Crippen LogP contribution >= 0.6 is 69.6 Å². The van der Waals surface area contributed by atoms with E-state index >= 15 is 0 Å². The molecule has 2 aromatic rings. The minimum Gasteiger partial charge on any atom is -0.465 e. The summed E-state index contributed by atoms with van der Waals surface area (Å²) in [4.78, 5) is 11.9. The predicted octanol–water partition coefficient (Wildman–Crippen LogP) is 5.84. The molecule has 0 bridgehead atoms. The van der Waals surface area contributed by atoms with Crippen molar-refractivity contribution in [2.45, 2.75) is 7.59 Å². The topological polar surface area (TPSA) is 51.8 Å². The highest BCUT2D eigenvalue weighted by molar-refractivity contribution is 6.67. The largest absolute Gasteiger partial charge is 0.465 e. The quantitative estimate of drug-likeness (QED) is 0.450. The lowest BCUT2D eigenvalue weighted by Crippen LogP contribution is -2.16. The van der Waals surface area contributed by atoms with Gasteiger partial charge in [-0.3, -0.25) is 0 Å². The molecule has 0 fully saturated rings. The lowest BCUT2D eigenvalue weighted by Gasteiger charge is -2.14. The summed E-state index contributed by atoms with van der Waals surface area (Å²) < 4.78 is 1.40. The second-order valence-corrected chi connectivity index (χ2v) is 8.63. The zero-order valence-corrected chi connectivity index (χ0v) is 15.6. The van der Waals surface area contributed by atoms with Gasteiger partial charge in [-0.1, -0.05) is 81.8 Å². The Kier molecular flexibility index (Phi) is 6.22. The molecule has 0 unspecified atom stereocenters. The van der Waals surface area contributed by atoms with Crippen LogP contribution in [0.4, 0.5) is 0 Å². The average Bonchev–Trinajstić information content (AvgIpc) is 2.94. The third kappa shape index (κ3) is 5.82. The van der Waals surface area contributed by atoms with Gasteiger partial charge in [0.1, 0.15) is 5.76 Å². The Bertz CT molecular complexity index is 684. The second kappa shape index (κ2) is 7.60. The molecule has 0 saturated heterocycles. The van der Waals surface area contributed by atoms with E-state index in [2.05, 4.69) is 15.0 Å². The summed E-state index contributed by atoms with van der Waals surface area (Å²) >= 11 is 34.7. The van der Waals surface area contributed by atoms with E-state index in [9.17, 15) is 0 Å². The average molecular weight is 434 g/mol. The molecule has 0 spiro atoms. The lowest BCUT2D eigenvalue weighted by molar-refractivity contribution is 0.557. The summed E-state index contributed by atoms with van der Waals surface area (Å²) in [5.41, 5.74) is 0. The van der Waals surface area contributed by atoms with Crippen LogP contribution in [0.5, 0.6) is 0 Å². The maximum atomic E-state index is 5.78. The number of hydrogen-bond donors (Lipinski definition) is 0. The van der Waals surface area contributed by atoms with Gasteiger partial charge in [-0.25, -0.2) is 15.0 Å². The summed E-state index contributed by atoms with van der Waals surface area (Å²) in [5.74, 6) is 0.572. The van der Waals surface area contributed by atoms with E-state index in [-0.39, 0.29) is 17.5 Å². The Morgan fingerprint density at radius 2 is 1.39 bits per heavy atom. The highest BCUT2D eigenvalue weighted by atomic mass is 35.6. The van der Waals surface area contributed by atoms with Crippen LogP contribution in [0.1, 0.15) is 23.2 Å². The first-order chi connectivity index (χ1) is 10.7. The monoisotopic (exact) mass is 431 g/mol. The molecular weight excluding hydrogens is 427 g/mol. The molecule has 0 aliphatic rings. The number of furan rings is 1. The van der Waals surface area contributed by atoms with Crippen LogP contribution in [0.25, 0.3) is 12.2 Å². The minimum atomic E-state index is -1.87. The third-order valence-corrected chi connectivity index (χ3v) is 3.33. The van der Waals surface area contributed by atoms with Crippen molar-refractivity contribution in [3.05, 3.63) is 53.8 Å². The molecule has 0 aliphatic heterocycles. The lowest BCUT2D eigenvalue weighted by atomic mass is 10.3. The Morgan fingerprint density at radius 3 is 1.87 bits per heavy atom. The molecular formula is C13H7Cl6N3O. The van der Waals surface area contributed by atoms with Gasteiger partial charge >= 0.3 is 0 Å². The SMILES string of the molecule is ClC(Cl)(Cl)c1nc(C=CC=Cc2ccco2)nc(C(Cl)(Cl)Cl)n1. The molecule has 0 aliphatic carbocycles. The van der Waals surface area contributed by atoms with Gasteiger partial charge in [-0.15, -0.1) is 0 Å². The number of halogens is 6. The highest BCUT2D eigenvalue weighted by Crippen LogP contribution is 2.39. The van der Waals surface area contributed by atoms with Gasteiger partial charge in [0.25, 0.3) is 0 Å². The fraction of sp³-hybridized carbons (Fsp3) is 0.154. The zero-order valence-electron chi connectivity index (χ0n) is 11.1. The molecule has 2 heterocycles. The summed E-state index contributed by atoms with van der Waals surface area (Å²) in [6.45, 7) is 0. The standard InChI is InChI=1S/C13H7Cl6N3O/c14-12(15,16)10-20-9(21-11(22-10)13(17,18)19)6-2-1-4-8-5-3-7-23-8/h1-7H. The van der Waals surface area contributed by atoms with Crippen molar-refractivity contribution in [1.29, 1.82) is 0 Å². The second-order valence-electron chi connectivity index (χ2n) is 4.07. The summed E-state index contributed by atoms with van der Waals surface area (Å²) in [6, 6.07) is 3.57. The Hall–Kier alpha value is -0.490. The fourth-order valence-electron chi connectivity index (χ4n) is 1.40. The van der Waals surface area contributed by atoms with E-state index in [1.54, 1.807) is 42.7 Å². The van der Waals surface area contributed by atoms with Crippen LogP contribution in [0.3, 0.4) is 0 Å².